The molecular formula is C19H22N2O. The molecule has 3 nitrogen and oxygen atoms in total. The smallest absolute Gasteiger partial charge is 0.136 e. The Bertz CT molecular complexity index is 646. The number of rotatable bonds is 3. The fourth-order valence-electron chi connectivity index (χ4n) is 2.85. The van der Waals surface area contributed by atoms with E-state index < -0.39 is 0 Å². The maximum absolute atomic E-state index is 5.43. The molecule has 1 aromatic carbocycles. The van der Waals surface area contributed by atoms with Crippen LogP contribution < -0.4 is 0 Å². The van der Waals surface area contributed by atoms with Gasteiger partial charge in [-0.15, -0.1) is 0 Å². The molecule has 2 saturated heterocycles. The molecule has 0 aliphatic carbocycles. The number of oxime groups is 1. The molecule has 2 bridgehead atoms. The predicted molar refractivity (Wildman–Crippen MR) is 89.7 cm³/mol. The van der Waals surface area contributed by atoms with E-state index in [0.29, 0.717) is 12.5 Å². The first-order valence-corrected chi connectivity index (χ1v) is 7.87. The van der Waals surface area contributed by atoms with Crippen LogP contribution in [-0.2, 0) is 4.84 Å². The molecule has 2 unspecified atom stereocenters. The SMILES string of the molecule is C/C(C#Cc1ccc(C)cc1)=C/CO/N=C1\CN2CCC1C2. The van der Waals surface area contributed by atoms with Crippen molar-refractivity contribution in [3.05, 3.63) is 47.0 Å². The maximum atomic E-state index is 5.43. The highest BCUT2D eigenvalue weighted by Gasteiger charge is 2.35. The summed E-state index contributed by atoms with van der Waals surface area (Å²) in [6.07, 6.45) is 3.22. The van der Waals surface area contributed by atoms with Crippen molar-refractivity contribution in [2.45, 2.75) is 20.3 Å². The molecule has 114 valence electrons. The van der Waals surface area contributed by atoms with E-state index in [1.165, 1.54) is 30.8 Å². The number of hydrogen-bond acceptors (Lipinski definition) is 3. The highest BCUT2D eigenvalue weighted by atomic mass is 16.6. The van der Waals surface area contributed by atoms with E-state index in [1.54, 1.807) is 0 Å². The first kappa shape index (κ1) is 14.9. The molecule has 0 radical (unpaired) electrons. The van der Waals surface area contributed by atoms with Crippen molar-refractivity contribution in [3.8, 4) is 11.8 Å². The third-order valence-electron chi connectivity index (χ3n) is 4.23. The molecule has 2 atom stereocenters. The Morgan fingerprint density at radius 1 is 1.41 bits per heavy atom. The highest BCUT2D eigenvalue weighted by molar-refractivity contribution is 5.91. The van der Waals surface area contributed by atoms with E-state index in [-0.39, 0.29) is 0 Å². The molecule has 22 heavy (non-hydrogen) atoms. The maximum Gasteiger partial charge on any atom is 0.136 e. The normalized spacial score (nSPS) is 25.2. The highest BCUT2D eigenvalue weighted by Crippen LogP contribution is 2.25. The summed E-state index contributed by atoms with van der Waals surface area (Å²) in [5.41, 5.74) is 4.51. The second-order valence-electron chi connectivity index (χ2n) is 6.10. The zero-order valence-electron chi connectivity index (χ0n) is 13.3. The Kier molecular flexibility index (Phi) is 4.60. The largest absolute Gasteiger partial charge is 0.392 e. The standard InChI is InChI=1S/C19H22N2O/c1-15-3-6-17(7-4-15)8-5-16(2)10-12-22-20-19-14-21-11-9-18(19)13-21/h3-4,6-7,10,18H,9,11-14H2,1-2H3/b16-10-,20-19+. The molecule has 0 aromatic heterocycles. The average molecular weight is 294 g/mol. The Hall–Kier alpha value is -2.05. The molecule has 2 aliphatic heterocycles. The molecule has 1 aromatic rings. The second kappa shape index (κ2) is 6.81. The summed E-state index contributed by atoms with van der Waals surface area (Å²) in [4.78, 5) is 7.86. The van der Waals surface area contributed by atoms with E-state index in [1.807, 2.05) is 25.1 Å². The molecule has 0 N–H and O–H groups in total. The van der Waals surface area contributed by atoms with Gasteiger partial charge in [-0.05, 0) is 50.6 Å². The van der Waals surface area contributed by atoms with Crippen LogP contribution in [-0.4, -0.2) is 36.9 Å². The Morgan fingerprint density at radius 3 is 2.91 bits per heavy atom. The molecule has 2 aliphatic rings. The molecule has 0 amide bonds. The fourth-order valence-corrected chi connectivity index (χ4v) is 2.85. The molecule has 0 spiro atoms. The van der Waals surface area contributed by atoms with Crippen LogP contribution in [0.3, 0.4) is 0 Å². The Labute approximate surface area is 132 Å². The minimum Gasteiger partial charge on any atom is -0.392 e. The first-order chi connectivity index (χ1) is 10.7. The van der Waals surface area contributed by atoms with Crippen LogP contribution in [0.1, 0.15) is 24.5 Å². The zero-order chi connectivity index (χ0) is 15.4. The number of allylic oxidation sites excluding steroid dienone is 1. The summed E-state index contributed by atoms with van der Waals surface area (Å²) >= 11 is 0. The van der Waals surface area contributed by atoms with Crippen LogP contribution >= 0.6 is 0 Å². The minimum atomic E-state index is 0.491. The van der Waals surface area contributed by atoms with Gasteiger partial charge in [0.25, 0.3) is 0 Å². The minimum absolute atomic E-state index is 0.491. The number of fused-ring (bicyclic) bond motifs is 2. The lowest BCUT2D eigenvalue weighted by Gasteiger charge is -2.12. The van der Waals surface area contributed by atoms with E-state index in [4.69, 9.17) is 4.84 Å². The van der Waals surface area contributed by atoms with Gasteiger partial charge in [0.1, 0.15) is 6.61 Å². The van der Waals surface area contributed by atoms with Crippen LogP contribution in [0.25, 0.3) is 0 Å². The quantitative estimate of drug-likeness (QED) is 0.486. The van der Waals surface area contributed by atoms with Gasteiger partial charge < -0.3 is 4.84 Å². The van der Waals surface area contributed by atoms with E-state index in [9.17, 15) is 0 Å². The topological polar surface area (TPSA) is 24.8 Å². The molecule has 0 saturated carbocycles. The van der Waals surface area contributed by atoms with Crippen molar-refractivity contribution in [1.82, 2.24) is 4.90 Å². The van der Waals surface area contributed by atoms with Gasteiger partial charge in [0, 0.05) is 24.6 Å². The van der Waals surface area contributed by atoms with Crippen molar-refractivity contribution in [3.63, 3.8) is 0 Å². The van der Waals surface area contributed by atoms with Crippen LogP contribution in [0.4, 0.5) is 0 Å². The van der Waals surface area contributed by atoms with Crippen LogP contribution in [0.15, 0.2) is 41.1 Å². The summed E-state index contributed by atoms with van der Waals surface area (Å²) in [5, 5.41) is 4.29. The van der Waals surface area contributed by atoms with Crippen LogP contribution in [0, 0.1) is 24.7 Å². The number of piperidine rings is 1. The summed E-state index contributed by atoms with van der Waals surface area (Å²) < 4.78 is 0. The van der Waals surface area contributed by atoms with Gasteiger partial charge in [-0.25, -0.2) is 0 Å². The molecule has 3 rings (SSSR count). The monoisotopic (exact) mass is 294 g/mol. The van der Waals surface area contributed by atoms with Crippen LogP contribution in [0.5, 0.6) is 0 Å². The fraction of sp³-hybridized carbons (Fsp3) is 0.421. The van der Waals surface area contributed by atoms with Crippen molar-refractivity contribution < 1.29 is 4.84 Å². The van der Waals surface area contributed by atoms with E-state index >= 15 is 0 Å². The van der Waals surface area contributed by atoms with E-state index in [0.717, 1.165) is 17.7 Å². The number of hydrogen-bond donors (Lipinski definition) is 0. The van der Waals surface area contributed by atoms with Gasteiger partial charge in [-0.2, -0.15) is 0 Å². The predicted octanol–water partition coefficient (Wildman–Crippen LogP) is 3.00. The molecular weight excluding hydrogens is 272 g/mol. The lowest BCUT2D eigenvalue weighted by Crippen LogP contribution is -2.23. The van der Waals surface area contributed by atoms with Gasteiger partial charge in [0.15, 0.2) is 0 Å². The summed E-state index contributed by atoms with van der Waals surface area (Å²) in [7, 11) is 0. The number of aryl methyl sites for hydroxylation is 1. The van der Waals surface area contributed by atoms with E-state index in [2.05, 4.69) is 41.0 Å². The summed E-state index contributed by atoms with van der Waals surface area (Å²) in [5.74, 6) is 6.94. The van der Waals surface area contributed by atoms with Gasteiger partial charge in [0.2, 0.25) is 0 Å². The first-order valence-electron chi connectivity index (χ1n) is 7.87. The van der Waals surface area contributed by atoms with Gasteiger partial charge in [0.05, 0.1) is 5.71 Å². The van der Waals surface area contributed by atoms with Gasteiger partial charge >= 0.3 is 0 Å². The van der Waals surface area contributed by atoms with Crippen molar-refractivity contribution in [1.29, 1.82) is 0 Å². The molecule has 2 fully saturated rings. The van der Waals surface area contributed by atoms with Crippen molar-refractivity contribution in [2.24, 2.45) is 11.1 Å². The summed E-state index contributed by atoms with van der Waals surface area (Å²) in [6.45, 7) is 7.94. The summed E-state index contributed by atoms with van der Waals surface area (Å²) in [6, 6.07) is 8.24. The zero-order valence-corrected chi connectivity index (χ0v) is 13.3. The van der Waals surface area contributed by atoms with Crippen LogP contribution in [0.2, 0.25) is 0 Å². The average Bonchev–Trinajstić information content (AvgIpc) is 3.14. The van der Waals surface area contributed by atoms with Gasteiger partial charge in [-0.3, -0.25) is 4.90 Å². The number of benzene rings is 1. The second-order valence-corrected chi connectivity index (χ2v) is 6.10. The molecule has 3 heteroatoms. The number of nitrogens with zero attached hydrogens (tertiary/aromatic N) is 2. The lowest BCUT2D eigenvalue weighted by atomic mass is 10.0. The van der Waals surface area contributed by atoms with Gasteiger partial charge in [-0.1, -0.05) is 34.7 Å². The van der Waals surface area contributed by atoms with Crippen molar-refractivity contribution in [2.75, 3.05) is 26.2 Å². The third kappa shape index (κ3) is 3.78. The Morgan fingerprint density at radius 2 is 2.23 bits per heavy atom. The third-order valence-corrected chi connectivity index (χ3v) is 4.23. The Balaban J connectivity index is 1.48. The molecule has 2 heterocycles. The lowest BCUT2D eigenvalue weighted by molar-refractivity contribution is 0.171. The van der Waals surface area contributed by atoms with Crippen molar-refractivity contribution >= 4 is 5.71 Å².